The Balaban J connectivity index is 0.915. The van der Waals surface area contributed by atoms with Crippen molar-refractivity contribution in [2.24, 2.45) is 5.92 Å². The molecular formula is C40H46F3N7O4. The van der Waals surface area contributed by atoms with Crippen LogP contribution < -0.4 is 20.7 Å². The third-order valence-electron chi connectivity index (χ3n) is 10.8. The van der Waals surface area contributed by atoms with Crippen molar-refractivity contribution < 1.29 is 32.3 Å². The Morgan fingerprint density at radius 2 is 1.69 bits per heavy atom. The van der Waals surface area contributed by atoms with Crippen molar-refractivity contribution >= 4 is 34.9 Å². The Hall–Kier alpha value is -4.98. The minimum Gasteiger partial charge on any atom is -0.490 e. The van der Waals surface area contributed by atoms with Gasteiger partial charge in [-0.2, -0.15) is 13.2 Å². The van der Waals surface area contributed by atoms with Crippen LogP contribution in [0.4, 0.5) is 24.7 Å². The molecule has 14 heteroatoms. The lowest BCUT2D eigenvalue weighted by Gasteiger charge is -2.36. The van der Waals surface area contributed by atoms with E-state index < -0.39 is 17.8 Å². The molecule has 1 aromatic carbocycles. The maximum Gasteiger partial charge on any atom is 0.433 e. The monoisotopic (exact) mass is 745 g/mol. The summed E-state index contributed by atoms with van der Waals surface area (Å²) in [5.41, 5.74) is 2.89. The highest BCUT2D eigenvalue weighted by molar-refractivity contribution is 6.06. The standard InChI is InChI=1S/C40H46F3N7O4/c1-24(2)54-33-20-36-45-32(23-50(36)22-30(33)38(52)47-35-5-3-4-34(46-35)40(41,42)43)28-8-6-25(7-9-28)21-49-18-16-27(17-19-49)26-10-12-29(13-11-26)44-31-14-15-37(51)48-39(31)53/h3-5,10-13,20,22-25,27-28,31,44H,6-9,14-19,21H2,1-2H3,(H,46,47,52)(H,48,51,53)/t25-,28-,31?. The molecule has 3 aliphatic rings. The number of ether oxygens (including phenoxy) is 1. The van der Waals surface area contributed by atoms with Crippen molar-refractivity contribution in [2.75, 3.05) is 30.3 Å². The number of nitrogens with zero attached hydrogens (tertiary/aromatic N) is 4. The van der Waals surface area contributed by atoms with Crippen molar-refractivity contribution in [3.8, 4) is 5.75 Å². The molecule has 286 valence electrons. The molecule has 3 amide bonds. The molecule has 5 heterocycles. The second-order valence-electron chi connectivity index (χ2n) is 15.1. The van der Waals surface area contributed by atoms with Crippen molar-refractivity contribution in [1.29, 1.82) is 0 Å². The lowest BCUT2D eigenvalue weighted by molar-refractivity contribution is -0.141. The summed E-state index contributed by atoms with van der Waals surface area (Å²) in [6.45, 7) is 6.89. The van der Waals surface area contributed by atoms with Gasteiger partial charge in [0.1, 0.15) is 29.0 Å². The molecule has 1 aliphatic carbocycles. The number of aromatic nitrogens is 3. The van der Waals surface area contributed by atoms with Gasteiger partial charge in [0, 0.05) is 43.0 Å². The second kappa shape index (κ2) is 15.8. The number of carbonyl (C=O) groups excluding carboxylic acids is 3. The number of hydrogen-bond acceptors (Lipinski definition) is 8. The number of imidazole rings is 1. The van der Waals surface area contributed by atoms with E-state index in [1.165, 1.54) is 17.7 Å². The summed E-state index contributed by atoms with van der Waals surface area (Å²) in [6.07, 6.45) is 6.02. The zero-order valence-corrected chi connectivity index (χ0v) is 30.5. The van der Waals surface area contributed by atoms with Gasteiger partial charge in [-0.05, 0) is 114 Å². The average Bonchev–Trinajstić information content (AvgIpc) is 3.56. The van der Waals surface area contributed by atoms with Gasteiger partial charge >= 0.3 is 6.18 Å². The van der Waals surface area contributed by atoms with Gasteiger partial charge in [-0.1, -0.05) is 18.2 Å². The first kappa shape index (κ1) is 37.3. The number of likely N-dealkylation sites (tertiary alicyclic amines) is 1. The van der Waals surface area contributed by atoms with Gasteiger partial charge in [-0.15, -0.1) is 0 Å². The number of rotatable bonds is 10. The SMILES string of the molecule is CC(C)Oc1cc2nc([C@H]3CC[C@H](CN4CCC(c5ccc(NC6CCC(=O)NC6=O)cc5)CC4)CC3)cn2cc1C(=O)Nc1cccc(C(F)(F)F)n1. The van der Waals surface area contributed by atoms with Gasteiger partial charge in [0.05, 0.1) is 17.4 Å². The minimum absolute atomic E-state index is 0.172. The first-order chi connectivity index (χ1) is 25.9. The summed E-state index contributed by atoms with van der Waals surface area (Å²) < 4.78 is 47.4. The van der Waals surface area contributed by atoms with E-state index in [1.54, 1.807) is 16.7 Å². The molecule has 0 spiro atoms. The second-order valence-corrected chi connectivity index (χ2v) is 15.1. The molecule has 1 unspecified atom stereocenters. The molecule has 7 rings (SSSR count). The molecule has 3 aromatic heterocycles. The Morgan fingerprint density at radius 1 is 0.944 bits per heavy atom. The van der Waals surface area contributed by atoms with Crippen LogP contribution in [0.15, 0.2) is 60.9 Å². The fourth-order valence-electron chi connectivity index (χ4n) is 7.94. The molecule has 1 atom stereocenters. The molecule has 0 radical (unpaired) electrons. The van der Waals surface area contributed by atoms with Gasteiger partial charge in [0.15, 0.2) is 0 Å². The highest BCUT2D eigenvalue weighted by atomic mass is 19.4. The quantitative estimate of drug-likeness (QED) is 0.146. The van der Waals surface area contributed by atoms with Crippen LogP contribution >= 0.6 is 0 Å². The van der Waals surface area contributed by atoms with Gasteiger partial charge in [-0.25, -0.2) is 9.97 Å². The van der Waals surface area contributed by atoms with E-state index in [1.807, 2.05) is 32.2 Å². The van der Waals surface area contributed by atoms with E-state index in [-0.39, 0.29) is 35.3 Å². The number of halogens is 3. The summed E-state index contributed by atoms with van der Waals surface area (Å²) in [4.78, 5) is 48.0. The van der Waals surface area contributed by atoms with Gasteiger partial charge in [-0.3, -0.25) is 19.7 Å². The van der Waals surface area contributed by atoms with Crippen molar-refractivity contribution in [3.05, 3.63) is 83.4 Å². The number of fused-ring (bicyclic) bond motifs is 1. The normalized spacial score (nSPS) is 21.6. The third-order valence-corrected chi connectivity index (χ3v) is 10.8. The van der Waals surface area contributed by atoms with E-state index in [4.69, 9.17) is 9.72 Å². The molecule has 2 saturated heterocycles. The van der Waals surface area contributed by atoms with E-state index in [0.717, 1.165) is 75.6 Å². The van der Waals surface area contributed by atoms with E-state index in [0.29, 0.717) is 42.0 Å². The Kier molecular flexibility index (Phi) is 10.9. The summed E-state index contributed by atoms with van der Waals surface area (Å²) in [5.74, 6) is 0.404. The first-order valence-corrected chi connectivity index (χ1v) is 18.9. The fraction of sp³-hybridized carbons (Fsp3) is 0.475. The Morgan fingerprint density at radius 3 is 2.37 bits per heavy atom. The number of benzene rings is 1. The summed E-state index contributed by atoms with van der Waals surface area (Å²) in [6, 6.07) is 13.1. The number of piperidine rings is 2. The first-order valence-electron chi connectivity index (χ1n) is 18.9. The van der Waals surface area contributed by atoms with Crippen LogP contribution in [0.2, 0.25) is 0 Å². The van der Waals surface area contributed by atoms with Crippen LogP contribution in [-0.2, 0) is 15.8 Å². The molecule has 1 saturated carbocycles. The number of imide groups is 1. The number of alkyl halides is 3. The Labute approximate surface area is 312 Å². The highest BCUT2D eigenvalue weighted by Crippen LogP contribution is 2.38. The predicted octanol–water partition coefficient (Wildman–Crippen LogP) is 7.16. The smallest absolute Gasteiger partial charge is 0.433 e. The van der Waals surface area contributed by atoms with Crippen LogP contribution in [-0.4, -0.2) is 68.8 Å². The van der Waals surface area contributed by atoms with Crippen molar-refractivity contribution in [2.45, 2.75) is 95.4 Å². The van der Waals surface area contributed by atoms with Crippen LogP contribution in [0.3, 0.4) is 0 Å². The lowest BCUT2D eigenvalue weighted by atomic mass is 9.80. The van der Waals surface area contributed by atoms with Crippen LogP contribution in [0.5, 0.6) is 5.75 Å². The predicted molar refractivity (Wildman–Crippen MR) is 197 cm³/mol. The molecule has 0 bridgehead atoms. The molecule has 2 aliphatic heterocycles. The molecule has 3 fully saturated rings. The lowest BCUT2D eigenvalue weighted by Crippen LogP contribution is -2.47. The number of amides is 3. The number of pyridine rings is 2. The van der Waals surface area contributed by atoms with E-state index >= 15 is 0 Å². The number of anilines is 2. The number of carbonyl (C=O) groups is 3. The zero-order valence-electron chi connectivity index (χ0n) is 30.5. The molecule has 3 N–H and O–H groups in total. The number of hydrogen-bond donors (Lipinski definition) is 3. The van der Waals surface area contributed by atoms with Crippen molar-refractivity contribution in [1.82, 2.24) is 24.6 Å². The van der Waals surface area contributed by atoms with Crippen LogP contribution in [0, 0.1) is 5.92 Å². The molecule has 11 nitrogen and oxygen atoms in total. The highest BCUT2D eigenvalue weighted by Gasteiger charge is 2.33. The van der Waals surface area contributed by atoms with E-state index in [9.17, 15) is 27.6 Å². The van der Waals surface area contributed by atoms with Crippen molar-refractivity contribution in [3.63, 3.8) is 0 Å². The van der Waals surface area contributed by atoms with Gasteiger partial charge in [0.2, 0.25) is 11.8 Å². The summed E-state index contributed by atoms with van der Waals surface area (Å²) in [5, 5.41) is 8.14. The number of nitrogens with one attached hydrogen (secondary N) is 3. The molecular weight excluding hydrogens is 699 g/mol. The van der Waals surface area contributed by atoms with Crippen LogP contribution in [0.1, 0.15) is 104 Å². The zero-order chi connectivity index (χ0) is 38.0. The van der Waals surface area contributed by atoms with E-state index in [2.05, 4.69) is 38.0 Å². The van der Waals surface area contributed by atoms with Crippen LogP contribution in [0.25, 0.3) is 5.65 Å². The average molecular weight is 746 g/mol. The third kappa shape index (κ3) is 8.86. The molecule has 54 heavy (non-hydrogen) atoms. The maximum atomic E-state index is 13.3. The summed E-state index contributed by atoms with van der Waals surface area (Å²) in [7, 11) is 0. The fourth-order valence-corrected chi connectivity index (χ4v) is 7.94. The maximum absolute atomic E-state index is 13.3. The van der Waals surface area contributed by atoms with Gasteiger partial charge in [0.25, 0.3) is 5.91 Å². The summed E-state index contributed by atoms with van der Waals surface area (Å²) >= 11 is 0. The molecule has 4 aromatic rings. The minimum atomic E-state index is -4.63. The topological polar surface area (TPSA) is 130 Å². The van der Waals surface area contributed by atoms with Gasteiger partial charge < -0.3 is 24.7 Å². The largest absolute Gasteiger partial charge is 0.490 e. The Bertz CT molecular complexity index is 1980.